The lowest BCUT2D eigenvalue weighted by atomic mass is 10.2. The van der Waals surface area contributed by atoms with Crippen LogP contribution in [0.4, 0.5) is 0 Å². The van der Waals surface area contributed by atoms with Crippen LogP contribution in [0.25, 0.3) is 0 Å². The Bertz CT molecular complexity index is 511. The first kappa shape index (κ1) is 16.7. The lowest BCUT2D eigenvalue weighted by Gasteiger charge is -2.23. The quantitative estimate of drug-likeness (QED) is 0.732. The van der Waals surface area contributed by atoms with Crippen molar-refractivity contribution in [2.75, 3.05) is 13.1 Å². The monoisotopic (exact) mass is 290 g/mol. The molecule has 1 atom stereocenters. The fraction of sp³-hybridized carbons (Fsp3) is 0.400. The van der Waals surface area contributed by atoms with Crippen LogP contribution in [0, 0.1) is 0 Å². The minimum Gasteiger partial charge on any atom is -0.339 e. The van der Waals surface area contributed by atoms with Crippen molar-refractivity contribution in [2.24, 2.45) is 0 Å². The van der Waals surface area contributed by atoms with Gasteiger partial charge in [0.05, 0.1) is 0 Å². The van der Waals surface area contributed by atoms with Gasteiger partial charge in [-0.15, -0.1) is 13.2 Å². The zero-order valence-corrected chi connectivity index (χ0v) is 12.6. The molecule has 1 aromatic rings. The van der Waals surface area contributed by atoms with Crippen molar-refractivity contribution < 1.29 is 9.59 Å². The zero-order valence-electron chi connectivity index (χ0n) is 12.6. The van der Waals surface area contributed by atoms with Gasteiger partial charge in [0.1, 0.15) is 11.7 Å². The van der Waals surface area contributed by atoms with Gasteiger partial charge in [0.15, 0.2) is 0 Å². The summed E-state index contributed by atoms with van der Waals surface area (Å²) in [7, 11) is 0. The van der Waals surface area contributed by atoms with Gasteiger partial charge in [0, 0.05) is 25.8 Å². The van der Waals surface area contributed by atoms with Gasteiger partial charge in [0.25, 0.3) is 5.91 Å². The molecule has 0 aliphatic carbocycles. The normalized spacial score (nSPS) is 11.5. The summed E-state index contributed by atoms with van der Waals surface area (Å²) in [5.41, 5.74) is 0.441. The molecule has 6 heteroatoms. The van der Waals surface area contributed by atoms with E-state index >= 15 is 0 Å². The second-order valence-corrected chi connectivity index (χ2v) is 4.55. The van der Waals surface area contributed by atoms with Crippen LogP contribution in [-0.2, 0) is 11.3 Å². The summed E-state index contributed by atoms with van der Waals surface area (Å²) in [6.45, 7) is 12.2. The lowest BCUT2D eigenvalue weighted by molar-refractivity contribution is -0.131. The summed E-state index contributed by atoms with van der Waals surface area (Å²) in [5.74, 6) is -0.488. The maximum atomic E-state index is 12.3. The smallest absolute Gasteiger partial charge is 0.270 e. The fourth-order valence-electron chi connectivity index (χ4n) is 1.95. The van der Waals surface area contributed by atoms with E-state index in [9.17, 15) is 9.59 Å². The molecule has 0 saturated carbocycles. The first-order valence-electron chi connectivity index (χ1n) is 6.88. The van der Waals surface area contributed by atoms with Crippen molar-refractivity contribution in [3.63, 3.8) is 0 Å². The van der Waals surface area contributed by atoms with E-state index in [1.807, 2.05) is 6.92 Å². The topological polar surface area (TPSA) is 67.2 Å². The average molecular weight is 290 g/mol. The third-order valence-corrected chi connectivity index (χ3v) is 2.98. The van der Waals surface area contributed by atoms with Gasteiger partial charge in [-0.2, -0.15) is 5.10 Å². The predicted octanol–water partition coefficient (Wildman–Crippen LogP) is 1.22. The van der Waals surface area contributed by atoms with E-state index < -0.39 is 6.04 Å². The minimum absolute atomic E-state index is 0.175. The Kier molecular flexibility index (Phi) is 6.39. The van der Waals surface area contributed by atoms with Crippen molar-refractivity contribution in [3.8, 4) is 0 Å². The van der Waals surface area contributed by atoms with Crippen LogP contribution in [0.3, 0.4) is 0 Å². The van der Waals surface area contributed by atoms with Crippen molar-refractivity contribution in [1.82, 2.24) is 20.0 Å². The van der Waals surface area contributed by atoms with Gasteiger partial charge >= 0.3 is 0 Å². The number of nitrogens with zero attached hydrogens (tertiary/aromatic N) is 3. The number of rotatable bonds is 8. The van der Waals surface area contributed by atoms with Crippen molar-refractivity contribution in [3.05, 3.63) is 43.3 Å². The van der Waals surface area contributed by atoms with Gasteiger partial charge < -0.3 is 10.2 Å². The van der Waals surface area contributed by atoms with Crippen molar-refractivity contribution >= 4 is 11.8 Å². The van der Waals surface area contributed by atoms with E-state index in [1.165, 1.54) is 0 Å². The summed E-state index contributed by atoms with van der Waals surface area (Å²) in [4.78, 5) is 26.0. The fourth-order valence-corrected chi connectivity index (χ4v) is 1.95. The number of carbonyl (C=O) groups is 2. The van der Waals surface area contributed by atoms with Crippen LogP contribution in [0.1, 0.15) is 24.3 Å². The van der Waals surface area contributed by atoms with Crippen molar-refractivity contribution in [1.29, 1.82) is 0 Å². The van der Waals surface area contributed by atoms with Crippen LogP contribution in [-0.4, -0.2) is 45.6 Å². The largest absolute Gasteiger partial charge is 0.339 e. The standard InChI is InChI=1S/C15H22N4O2/c1-5-10-18(11-6-2)15(21)12(4)17-14(20)13-8-9-16-19(13)7-3/h5-6,8-9,12H,1-2,7,10-11H2,3-4H3,(H,17,20). The Hall–Kier alpha value is -2.37. The van der Waals surface area contributed by atoms with Gasteiger partial charge in [-0.1, -0.05) is 12.2 Å². The number of nitrogens with one attached hydrogen (secondary N) is 1. The van der Waals surface area contributed by atoms with Gasteiger partial charge in [-0.25, -0.2) is 0 Å². The molecule has 0 aliphatic heterocycles. The summed E-state index contributed by atoms with van der Waals surface area (Å²) in [6, 6.07) is 0.999. The number of aryl methyl sites for hydroxylation is 1. The molecule has 0 saturated heterocycles. The second-order valence-electron chi connectivity index (χ2n) is 4.55. The molecule has 1 aromatic heterocycles. The molecule has 0 aromatic carbocycles. The number of aromatic nitrogens is 2. The highest BCUT2D eigenvalue weighted by Gasteiger charge is 2.22. The molecule has 1 rings (SSSR count). The van der Waals surface area contributed by atoms with Crippen LogP contribution >= 0.6 is 0 Å². The van der Waals surface area contributed by atoms with Crippen molar-refractivity contribution in [2.45, 2.75) is 26.4 Å². The Labute approximate surface area is 125 Å². The molecule has 0 spiro atoms. The predicted molar refractivity (Wildman–Crippen MR) is 81.8 cm³/mol. The molecule has 0 fully saturated rings. The molecule has 0 aliphatic rings. The van der Waals surface area contributed by atoms with Crippen LogP contribution in [0.2, 0.25) is 0 Å². The lowest BCUT2D eigenvalue weighted by Crippen LogP contribution is -2.47. The minimum atomic E-state index is -0.627. The Morgan fingerprint density at radius 1 is 1.43 bits per heavy atom. The molecule has 1 N–H and O–H groups in total. The molecule has 114 valence electrons. The first-order valence-corrected chi connectivity index (χ1v) is 6.88. The summed E-state index contributed by atoms with van der Waals surface area (Å²) >= 11 is 0. The highest BCUT2D eigenvalue weighted by Crippen LogP contribution is 2.02. The maximum Gasteiger partial charge on any atom is 0.270 e. The summed E-state index contributed by atoms with van der Waals surface area (Å²) in [5, 5.41) is 6.73. The molecule has 6 nitrogen and oxygen atoms in total. The van der Waals surface area contributed by atoms with Gasteiger partial charge in [-0.05, 0) is 19.9 Å². The highest BCUT2D eigenvalue weighted by atomic mass is 16.2. The van der Waals surface area contributed by atoms with Crippen LogP contribution < -0.4 is 5.32 Å². The third kappa shape index (κ3) is 4.30. The molecule has 0 radical (unpaired) electrons. The maximum absolute atomic E-state index is 12.3. The summed E-state index contributed by atoms with van der Waals surface area (Å²) < 4.78 is 1.58. The molecule has 21 heavy (non-hydrogen) atoms. The Morgan fingerprint density at radius 2 is 2.05 bits per heavy atom. The number of hydrogen-bond acceptors (Lipinski definition) is 3. The molecule has 0 bridgehead atoms. The zero-order chi connectivity index (χ0) is 15.8. The third-order valence-electron chi connectivity index (χ3n) is 2.98. The number of amides is 2. The van der Waals surface area contributed by atoms with Crippen LogP contribution in [0.5, 0.6) is 0 Å². The van der Waals surface area contributed by atoms with E-state index in [-0.39, 0.29) is 11.8 Å². The van der Waals surface area contributed by atoms with Crippen LogP contribution in [0.15, 0.2) is 37.6 Å². The molecular formula is C15H22N4O2. The molecule has 2 amide bonds. The number of hydrogen-bond donors (Lipinski definition) is 1. The van der Waals surface area contributed by atoms with E-state index in [0.717, 1.165) is 0 Å². The molecule has 1 heterocycles. The van der Waals surface area contributed by atoms with Gasteiger partial charge in [0.2, 0.25) is 5.91 Å². The van der Waals surface area contributed by atoms with E-state index in [2.05, 4.69) is 23.6 Å². The van der Waals surface area contributed by atoms with E-state index in [4.69, 9.17) is 0 Å². The highest BCUT2D eigenvalue weighted by molar-refractivity contribution is 5.96. The van der Waals surface area contributed by atoms with E-state index in [1.54, 1.807) is 40.9 Å². The Balaban J connectivity index is 2.72. The number of carbonyl (C=O) groups excluding carboxylic acids is 2. The summed E-state index contributed by atoms with van der Waals surface area (Å²) in [6.07, 6.45) is 4.84. The van der Waals surface area contributed by atoms with Gasteiger partial charge in [-0.3, -0.25) is 14.3 Å². The SMILES string of the molecule is C=CCN(CC=C)C(=O)C(C)NC(=O)c1ccnn1CC. The Morgan fingerprint density at radius 3 is 2.57 bits per heavy atom. The first-order chi connectivity index (χ1) is 10.0. The average Bonchev–Trinajstić information content (AvgIpc) is 2.94. The molecule has 1 unspecified atom stereocenters. The second kappa shape index (κ2) is 8.04. The van der Waals surface area contributed by atoms with E-state index in [0.29, 0.717) is 25.3 Å². The molecular weight excluding hydrogens is 268 g/mol.